The van der Waals surface area contributed by atoms with E-state index >= 15 is 0 Å². The van der Waals surface area contributed by atoms with Gasteiger partial charge in [0.15, 0.2) is 11.9 Å². The maximum Gasteiger partial charge on any atom is 0.328 e. The van der Waals surface area contributed by atoms with Gasteiger partial charge in [0.05, 0.1) is 31.1 Å². The molecule has 3 fully saturated rings. The van der Waals surface area contributed by atoms with Crippen LogP contribution in [0.2, 0.25) is 0 Å². The average molecular weight is 690 g/mol. The van der Waals surface area contributed by atoms with Crippen molar-refractivity contribution in [3.8, 4) is 5.75 Å². The maximum absolute atomic E-state index is 9.55. The topological polar surface area (TPSA) is 209 Å². The summed E-state index contributed by atoms with van der Waals surface area (Å²) >= 11 is 0. The maximum atomic E-state index is 9.55. The van der Waals surface area contributed by atoms with Gasteiger partial charge in [0.2, 0.25) is 0 Å². The molecule has 1 aliphatic carbocycles. The first-order valence-electron chi connectivity index (χ1n) is 16.3. The van der Waals surface area contributed by atoms with E-state index in [1.807, 2.05) is 0 Å². The van der Waals surface area contributed by atoms with Crippen molar-refractivity contribution in [2.75, 3.05) is 53.6 Å². The Morgan fingerprint density at radius 2 is 1.45 bits per heavy atom. The summed E-state index contributed by atoms with van der Waals surface area (Å²) in [6, 6.07) is 4.27. The Labute approximate surface area is 284 Å². The molecule has 0 spiro atoms. The molecule has 1 saturated carbocycles. The molecule has 49 heavy (non-hydrogen) atoms. The van der Waals surface area contributed by atoms with E-state index in [4.69, 9.17) is 39.2 Å². The second kappa shape index (κ2) is 20.3. The zero-order valence-corrected chi connectivity index (χ0v) is 28.0. The first kappa shape index (κ1) is 39.1. The average Bonchev–Trinajstić information content (AvgIpc) is 3.80. The van der Waals surface area contributed by atoms with Crippen LogP contribution in [0.4, 0.5) is 0 Å². The van der Waals surface area contributed by atoms with Crippen molar-refractivity contribution in [1.29, 1.82) is 0 Å². The minimum atomic E-state index is -1.26. The monoisotopic (exact) mass is 689 g/mol. The number of aromatic nitrogens is 1. The molecule has 0 bridgehead atoms. The van der Waals surface area contributed by atoms with E-state index in [0.29, 0.717) is 24.3 Å². The number of aryl methyl sites for hydroxylation is 1. The van der Waals surface area contributed by atoms with Crippen molar-refractivity contribution in [1.82, 2.24) is 15.0 Å². The molecular formula is C34H47N3O12. The highest BCUT2D eigenvalue weighted by Crippen LogP contribution is 2.35. The van der Waals surface area contributed by atoms with E-state index in [2.05, 4.69) is 41.2 Å². The van der Waals surface area contributed by atoms with E-state index in [-0.39, 0.29) is 6.29 Å². The van der Waals surface area contributed by atoms with Crippen LogP contribution in [-0.2, 0) is 41.6 Å². The van der Waals surface area contributed by atoms with Gasteiger partial charge < -0.3 is 44.1 Å². The Balaban J connectivity index is 0.000000338. The molecule has 5 rings (SSSR count). The quantitative estimate of drug-likeness (QED) is 0.209. The second-order valence-electron chi connectivity index (χ2n) is 12.4. The lowest BCUT2D eigenvalue weighted by Gasteiger charge is -2.35. The summed E-state index contributed by atoms with van der Waals surface area (Å²) < 4.78 is 23.5. The van der Waals surface area contributed by atoms with Gasteiger partial charge in [0, 0.05) is 42.8 Å². The first-order chi connectivity index (χ1) is 23.4. The fourth-order valence-corrected chi connectivity index (χ4v) is 5.30. The second-order valence-corrected chi connectivity index (χ2v) is 12.4. The Bertz CT molecular complexity index is 1370. The lowest BCUT2D eigenvalue weighted by atomic mass is 9.91. The molecular weight excluding hydrogens is 642 g/mol. The van der Waals surface area contributed by atoms with Crippen LogP contribution in [0.1, 0.15) is 49.8 Å². The van der Waals surface area contributed by atoms with Crippen molar-refractivity contribution in [2.24, 2.45) is 11.8 Å². The van der Waals surface area contributed by atoms with E-state index < -0.39 is 23.9 Å². The third-order valence-corrected chi connectivity index (χ3v) is 7.96. The molecule has 15 heteroatoms. The van der Waals surface area contributed by atoms with Gasteiger partial charge in [-0.3, -0.25) is 4.90 Å². The Morgan fingerprint density at radius 1 is 0.878 bits per heavy atom. The van der Waals surface area contributed by atoms with Crippen LogP contribution in [0, 0.1) is 11.8 Å². The largest absolute Gasteiger partial charge is 0.493 e. The van der Waals surface area contributed by atoms with E-state index in [0.717, 1.165) is 105 Å². The molecule has 3 aliphatic rings. The van der Waals surface area contributed by atoms with Crippen LogP contribution in [0.25, 0.3) is 11.0 Å². The number of carbonyl (C=O) groups is 4. The molecule has 4 N–H and O–H groups in total. The van der Waals surface area contributed by atoms with Gasteiger partial charge in [-0.2, -0.15) is 0 Å². The number of aliphatic carboxylic acids is 4. The fraction of sp³-hybridized carbons (Fsp3) is 0.559. The van der Waals surface area contributed by atoms with Crippen molar-refractivity contribution in [3.63, 3.8) is 0 Å². The number of ether oxygens (including phenoxy) is 3. The van der Waals surface area contributed by atoms with Gasteiger partial charge in [-0.05, 0) is 96.1 Å². The van der Waals surface area contributed by atoms with Crippen LogP contribution in [0.15, 0.2) is 41.0 Å². The predicted molar refractivity (Wildman–Crippen MR) is 176 cm³/mol. The number of hydrogen-bond donors (Lipinski definition) is 4. The number of hydrogen-bond acceptors (Lipinski definition) is 11. The molecule has 1 aromatic carbocycles. The Morgan fingerprint density at radius 3 is 1.96 bits per heavy atom. The first-order valence-corrected chi connectivity index (χ1v) is 16.3. The SMILES string of the molecule is CN(C)Cc1c(OCC2CC2)ccc2c(CCC3CCN(CC4OCCCO4)CC3)noc12.O=C(O)/C=C/C(=O)O.O=C(O)/C=C/C(=O)O. The Hall–Kier alpha value is -4.31. The molecule has 0 radical (unpaired) electrons. The summed E-state index contributed by atoms with van der Waals surface area (Å²) in [5.41, 5.74) is 3.11. The normalized spacial score (nSPS) is 17.4. The molecule has 0 atom stereocenters. The molecule has 2 aliphatic heterocycles. The Kier molecular flexibility index (Phi) is 16.2. The number of piperidine rings is 1. The van der Waals surface area contributed by atoms with Gasteiger partial charge in [0.1, 0.15) is 5.75 Å². The molecule has 3 heterocycles. The number of likely N-dealkylation sites (tertiary alicyclic amines) is 1. The molecule has 1 aromatic heterocycles. The van der Waals surface area contributed by atoms with Crippen LogP contribution < -0.4 is 4.74 Å². The lowest BCUT2D eigenvalue weighted by Crippen LogP contribution is -2.42. The predicted octanol–water partition coefficient (Wildman–Crippen LogP) is 3.51. The summed E-state index contributed by atoms with van der Waals surface area (Å²) in [6.07, 6.45) is 10.4. The summed E-state index contributed by atoms with van der Waals surface area (Å²) in [5, 5.41) is 36.9. The number of rotatable bonds is 14. The fourth-order valence-electron chi connectivity index (χ4n) is 5.30. The summed E-state index contributed by atoms with van der Waals surface area (Å²) in [5.74, 6) is -2.61. The van der Waals surface area contributed by atoms with Crippen molar-refractivity contribution < 1.29 is 58.3 Å². The third-order valence-electron chi connectivity index (χ3n) is 7.96. The van der Waals surface area contributed by atoms with Crippen LogP contribution in [-0.4, -0.2) is 119 Å². The minimum Gasteiger partial charge on any atom is -0.493 e. The minimum absolute atomic E-state index is 0.0358. The highest BCUT2D eigenvalue weighted by Gasteiger charge is 2.26. The smallest absolute Gasteiger partial charge is 0.328 e. The third kappa shape index (κ3) is 15.2. The van der Waals surface area contributed by atoms with Gasteiger partial charge in [-0.25, -0.2) is 19.2 Å². The van der Waals surface area contributed by atoms with Gasteiger partial charge in [-0.1, -0.05) is 5.16 Å². The van der Waals surface area contributed by atoms with Crippen LogP contribution >= 0.6 is 0 Å². The number of benzene rings is 1. The summed E-state index contributed by atoms with van der Waals surface area (Å²) in [4.78, 5) is 42.9. The number of carboxylic acid groups (broad SMARTS) is 4. The number of fused-ring (bicyclic) bond motifs is 1. The standard InChI is InChI=1S/C26H39N3O4.2C4H4O4/c1-28(2)16-22-24(32-18-20-4-5-20)9-7-21-23(27-33-26(21)22)8-6-19-10-12-29(13-11-19)17-25-30-14-3-15-31-25;2*5-3(6)1-2-4(7)8/h7,9,19-20,25H,3-6,8,10-18H2,1-2H3;2*1-2H,(H,5,6)(H,7,8)/b;2*2-1+. The molecule has 0 amide bonds. The highest BCUT2D eigenvalue weighted by molar-refractivity contribution is 5.90. The number of nitrogens with zero attached hydrogens (tertiary/aromatic N) is 3. The van der Waals surface area contributed by atoms with E-state index in [1.165, 1.54) is 25.7 Å². The van der Waals surface area contributed by atoms with Crippen molar-refractivity contribution >= 4 is 34.8 Å². The summed E-state index contributed by atoms with van der Waals surface area (Å²) in [6.45, 7) is 6.42. The molecule has 0 unspecified atom stereocenters. The molecule has 2 saturated heterocycles. The van der Waals surface area contributed by atoms with Crippen LogP contribution in [0.3, 0.4) is 0 Å². The zero-order valence-electron chi connectivity index (χ0n) is 28.0. The highest BCUT2D eigenvalue weighted by atomic mass is 16.7. The molecule has 2 aromatic rings. The molecule has 270 valence electrons. The van der Waals surface area contributed by atoms with Gasteiger partial charge >= 0.3 is 23.9 Å². The van der Waals surface area contributed by atoms with Gasteiger partial charge in [-0.15, -0.1) is 0 Å². The zero-order chi connectivity index (χ0) is 35.8. The van der Waals surface area contributed by atoms with E-state index in [1.54, 1.807) is 0 Å². The van der Waals surface area contributed by atoms with Gasteiger partial charge in [0.25, 0.3) is 0 Å². The number of carboxylic acids is 4. The molecule has 15 nitrogen and oxygen atoms in total. The summed E-state index contributed by atoms with van der Waals surface area (Å²) in [7, 11) is 4.17. The van der Waals surface area contributed by atoms with Crippen molar-refractivity contribution in [2.45, 2.75) is 57.8 Å². The van der Waals surface area contributed by atoms with Crippen LogP contribution in [0.5, 0.6) is 5.75 Å². The van der Waals surface area contributed by atoms with Crippen molar-refractivity contribution in [3.05, 3.63) is 47.7 Å². The van der Waals surface area contributed by atoms with E-state index in [9.17, 15) is 19.2 Å². The lowest BCUT2D eigenvalue weighted by molar-refractivity contribution is -0.187.